The van der Waals surface area contributed by atoms with E-state index in [1.54, 1.807) is 0 Å². The number of piperidine rings is 1. The normalized spacial score (nSPS) is 21.8. The Hall–Kier alpha value is -0.590. The summed E-state index contributed by atoms with van der Waals surface area (Å²) in [6, 6.07) is 2.28. The minimum absolute atomic E-state index is 0.0225. The Kier molecular flexibility index (Phi) is 4.92. The lowest BCUT2D eigenvalue weighted by atomic mass is 9.99. The largest absolute Gasteiger partial charge is 0.305 e. The topological polar surface area (TPSA) is 39.1 Å². The van der Waals surface area contributed by atoms with Crippen molar-refractivity contribution in [2.24, 2.45) is 5.92 Å². The first-order chi connectivity index (χ1) is 6.76. The summed E-state index contributed by atoms with van der Waals surface area (Å²) in [6.45, 7) is 5.81. The molecule has 1 heterocycles. The van der Waals surface area contributed by atoms with Crippen LogP contribution < -0.4 is 5.32 Å². The van der Waals surface area contributed by atoms with E-state index in [2.05, 4.69) is 23.2 Å². The van der Waals surface area contributed by atoms with Crippen LogP contribution in [0, 0.1) is 17.2 Å². The van der Waals surface area contributed by atoms with Gasteiger partial charge in [-0.15, -0.1) is 0 Å². The van der Waals surface area contributed by atoms with Gasteiger partial charge in [0.05, 0.1) is 12.1 Å². The van der Waals surface area contributed by atoms with E-state index in [9.17, 15) is 0 Å². The number of hydrogen-bond acceptors (Lipinski definition) is 3. The van der Waals surface area contributed by atoms with Gasteiger partial charge in [0.15, 0.2) is 0 Å². The quantitative estimate of drug-likeness (QED) is 0.733. The second-order valence-electron chi connectivity index (χ2n) is 4.28. The standard InChI is InChI=1S/C11H21N3/c1-10-3-6-14(7-4-10)8-5-11(9-12)13-2/h10-11,13H,3-8H2,1-2H3. The van der Waals surface area contributed by atoms with Gasteiger partial charge in [0.2, 0.25) is 0 Å². The zero-order valence-electron chi connectivity index (χ0n) is 9.29. The van der Waals surface area contributed by atoms with Crippen molar-refractivity contribution in [3.63, 3.8) is 0 Å². The molecule has 1 rings (SSSR count). The maximum absolute atomic E-state index is 8.77. The monoisotopic (exact) mass is 195 g/mol. The van der Waals surface area contributed by atoms with Crippen LogP contribution in [0.1, 0.15) is 26.2 Å². The molecule has 0 aromatic rings. The molecule has 0 amide bonds. The third-order valence-electron chi connectivity index (χ3n) is 3.11. The van der Waals surface area contributed by atoms with Gasteiger partial charge in [-0.3, -0.25) is 0 Å². The summed E-state index contributed by atoms with van der Waals surface area (Å²) in [5, 5.41) is 11.8. The summed E-state index contributed by atoms with van der Waals surface area (Å²) < 4.78 is 0. The van der Waals surface area contributed by atoms with Crippen molar-refractivity contribution >= 4 is 0 Å². The molecule has 1 aliphatic rings. The number of hydrogen-bond donors (Lipinski definition) is 1. The van der Waals surface area contributed by atoms with Crippen LogP contribution in [0.25, 0.3) is 0 Å². The highest BCUT2D eigenvalue weighted by atomic mass is 15.1. The third kappa shape index (κ3) is 3.65. The molecule has 3 heteroatoms. The first kappa shape index (κ1) is 11.5. The van der Waals surface area contributed by atoms with E-state index in [1.165, 1.54) is 25.9 Å². The zero-order chi connectivity index (χ0) is 10.4. The lowest BCUT2D eigenvalue weighted by Crippen LogP contribution is -2.36. The number of likely N-dealkylation sites (tertiary alicyclic amines) is 1. The summed E-state index contributed by atoms with van der Waals surface area (Å²) in [5.74, 6) is 0.891. The van der Waals surface area contributed by atoms with Crippen LogP contribution in [0.5, 0.6) is 0 Å². The molecule has 0 aromatic heterocycles. The third-order valence-corrected chi connectivity index (χ3v) is 3.11. The fourth-order valence-electron chi connectivity index (χ4n) is 1.87. The Morgan fingerprint density at radius 3 is 2.64 bits per heavy atom. The maximum Gasteiger partial charge on any atom is 0.0962 e. The molecule has 0 aromatic carbocycles. The van der Waals surface area contributed by atoms with Crippen molar-refractivity contribution in [2.75, 3.05) is 26.7 Å². The Morgan fingerprint density at radius 2 is 2.14 bits per heavy atom. The molecule has 0 aliphatic carbocycles. The summed E-state index contributed by atoms with van der Waals surface area (Å²) in [7, 11) is 1.85. The molecule has 14 heavy (non-hydrogen) atoms. The fourth-order valence-corrected chi connectivity index (χ4v) is 1.87. The molecular weight excluding hydrogens is 174 g/mol. The van der Waals surface area contributed by atoms with Crippen LogP contribution >= 0.6 is 0 Å². The highest BCUT2D eigenvalue weighted by Gasteiger charge is 2.16. The van der Waals surface area contributed by atoms with E-state index >= 15 is 0 Å². The highest BCUT2D eigenvalue weighted by Crippen LogP contribution is 2.15. The number of nitriles is 1. The van der Waals surface area contributed by atoms with Crippen LogP contribution in [0.4, 0.5) is 0 Å². The highest BCUT2D eigenvalue weighted by molar-refractivity contribution is 4.89. The molecule has 0 radical (unpaired) electrons. The van der Waals surface area contributed by atoms with Gasteiger partial charge >= 0.3 is 0 Å². The molecular formula is C11H21N3. The van der Waals surface area contributed by atoms with Gasteiger partial charge in [-0.25, -0.2) is 0 Å². The average molecular weight is 195 g/mol. The van der Waals surface area contributed by atoms with Crippen LogP contribution in [0.15, 0.2) is 0 Å². The molecule has 1 saturated heterocycles. The Balaban J connectivity index is 2.16. The molecule has 0 saturated carbocycles. The van der Waals surface area contributed by atoms with E-state index in [0.717, 1.165) is 18.9 Å². The fraction of sp³-hybridized carbons (Fsp3) is 0.909. The maximum atomic E-state index is 8.77. The van der Waals surface area contributed by atoms with E-state index < -0.39 is 0 Å². The van der Waals surface area contributed by atoms with Gasteiger partial charge in [0.1, 0.15) is 0 Å². The van der Waals surface area contributed by atoms with Crippen LogP contribution in [-0.2, 0) is 0 Å². The first-order valence-corrected chi connectivity index (χ1v) is 5.55. The van der Waals surface area contributed by atoms with Crippen molar-refractivity contribution in [1.82, 2.24) is 10.2 Å². The van der Waals surface area contributed by atoms with Crippen molar-refractivity contribution < 1.29 is 0 Å². The predicted molar refractivity (Wildman–Crippen MR) is 57.9 cm³/mol. The molecule has 3 nitrogen and oxygen atoms in total. The van der Waals surface area contributed by atoms with Crippen molar-refractivity contribution in [3.05, 3.63) is 0 Å². The molecule has 80 valence electrons. The van der Waals surface area contributed by atoms with Crippen LogP contribution in [0.3, 0.4) is 0 Å². The van der Waals surface area contributed by atoms with Gasteiger partial charge in [-0.2, -0.15) is 5.26 Å². The van der Waals surface area contributed by atoms with Gasteiger partial charge in [0, 0.05) is 6.54 Å². The van der Waals surface area contributed by atoms with Crippen LogP contribution in [0.2, 0.25) is 0 Å². The Labute approximate surface area is 87.1 Å². The Morgan fingerprint density at radius 1 is 1.50 bits per heavy atom. The molecule has 1 fully saturated rings. The van der Waals surface area contributed by atoms with E-state index in [-0.39, 0.29) is 6.04 Å². The second kappa shape index (κ2) is 6.00. The summed E-state index contributed by atoms with van der Waals surface area (Å²) in [6.07, 6.45) is 3.58. The van der Waals surface area contributed by atoms with Gasteiger partial charge in [-0.05, 0) is 45.3 Å². The van der Waals surface area contributed by atoms with E-state index in [1.807, 2.05) is 7.05 Å². The average Bonchev–Trinajstić information content (AvgIpc) is 2.22. The molecule has 1 unspecified atom stereocenters. The van der Waals surface area contributed by atoms with Crippen molar-refractivity contribution in [3.8, 4) is 6.07 Å². The van der Waals surface area contributed by atoms with Crippen LogP contribution in [-0.4, -0.2) is 37.6 Å². The van der Waals surface area contributed by atoms with E-state index in [0.29, 0.717) is 0 Å². The lowest BCUT2D eigenvalue weighted by Gasteiger charge is -2.30. The number of rotatable bonds is 4. The number of nitrogens with zero attached hydrogens (tertiary/aromatic N) is 2. The second-order valence-corrected chi connectivity index (χ2v) is 4.28. The molecule has 0 bridgehead atoms. The predicted octanol–water partition coefficient (Wildman–Crippen LogP) is 1.22. The van der Waals surface area contributed by atoms with Gasteiger partial charge in [-0.1, -0.05) is 6.92 Å². The van der Waals surface area contributed by atoms with Crippen molar-refractivity contribution in [1.29, 1.82) is 5.26 Å². The molecule has 1 atom stereocenters. The molecule has 1 aliphatic heterocycles. The summed E-state index contributed by atoms with van der Waals surface area (Å²) in [5.41, 5.74) is 0. The zero-order valence-corrected chi connectivity index (χ0v) is 9.29. The van der Waals surface area contributed by atoms with E-state index in [4.69, 9.17) is 5.26 Å². The summed E-state index contributed by atoms with van der Waals surface area (Å²) in [4.78, 5) is 2.47. The SMILES string of the molecule is CNC(C#N)CCN1CCC(C)CC1. The Bertz CT molecular complexity index is 189. The minimum atomic E-state index is 0.0225. The van der Waals surface area contributed by atoms with Crippen molar-refractivity contribution in [2.45, 2.75) is 32.2 Å². The van der Waals surface area contributed by atoms with Gasteiger partial charge < -0.3 is 10.2 Å². The number of nitrogens with one attached hydrogen (secondary N) is 1. The van der Waals surface area contributed by atoms with Gasteiger partial charge in [0.25, 0.3) is 0 Å². The molecule has 1 N–H and O–H groups in total. The first-order valence-electron chi connectivity index (χ1n) is 5.55. The lowest BCUT2D eigenvalue weighted by molar-refractivity contribution is 0.188. The smallest absolute Gasteiger partial charge is 0.0962 e. The summed E-state index contributed by atoms with van der Waals surface area (Å²) >= 11 is 0. The molecule has 0 spiro atoms. The minimum Gasteiger partial charge on any atom is -0.305 e.